The lowest BCUT2D eigenvalue weighted by atomic mass is 10.2. The van der Waals surface area contributed by atoms with Crippen molar-refractivity contribution in [3.63, 3.8) is 0 Å². The van der Waals surface area contributed by atoms with Gasteiger partial charge in [0.25, 0.3) is 0 Å². The van der Waals surface area contributed by atoms with E-state index in [0.717, 1.165) is 6.54 Å². The first-order chi connectivity index (χ1) is 9.81. The maximum absolute atomic E-state index is 12.3. The van der Waals surface area contributed by atoms with Gasteiger partial charge in [-0.25, -0.2) is 8.42 Å². The first-order valence-corrected chi connectivity index (χ1v) is 8.51. The molecule has 1 aromatic rings. The molecule has 0 aliphatic carbocycles. The molecule has 118 valence electrons. The van der Waals surface area contributed by atoms with Crippen LogP contribution in [0.4, 0.5) is 0 Å². The van der Waals surface area contributed by atoms with Crippen molar-refractivity contribution in [3.8, 4) is 0 Å². The standard InChI is InChI=1S/C14H23N3O3S/c1-4-17(11(2)3)9-10-21(19,20)13-7-5-12(6-8-13)14(15)16-18/h5-8,11,18H,4,9-10H2,1-3H3,(H2,15,16). The lowest BCUT2D eigenvalue weighted by Gasteiger charge is -2.24. The molecule has 0 unspecified atom stereocenters. The van der Waals surface area contributed by atoms with Crippen molar-refractivity contribution >= 4 is 15.7 Å². The predicted molar refractivity (Wildman–Crippen MR) is 83.4 cm³/mol. The topological polar surface area (TPSA) is 96.0 Å². The summed E-state index contributed by atoms with van der Waals surface area (Å²) in [6.45, 7) is 7.41. The number of amidine groups is 1. The maximum atomic E-state index is 12.3. The number of rotatable bonds is 7. The van der Waals surface area contributed by atoms with Gasteiger partial charge in [-0.1, -0.05) is 12.1 Å². The molecule has 0 saturated carbocycles. The average molecular weight is 313 g/mol. The van der Waals surface area contributed by atoms with Gasteiger partial charge in [0, 0.05) is 18.2 Å². The zero-order chi connectivity index (χ0) is 16.0. The van der Waals surface area contributed by atoms with Crippen LogP contribution < -0.4 is 5.73 Å². The molecule has 0 fully saturated rings. The van der Waals surface area contributed by atoms with Crippen molar-refractivity contribution < 1.29 is 13.6 Å². The van der Waals surface area contributed by atoms with Gasteiger partial charge < -0.3 is 15.8 Å². The smallest absolute Gasteiger partial charge is 0.179 e. The minimum atomic E-state index is -3.33. The number of oxime groups is 1. The minimum Gasteiger partial charge on any atom is -0.409 e. The fourth-order valence-corrected chi connectivity index (χ4v) is 3.29. The Labute approximate surface area is 126 Å². The molecular formula is C14H23N3O3S. The van der Waals surface area contributed by atoms with Crippen LogP contribution in [0.1, 0.15) is 26.3 Å². The highest BCUT2D eigenvalue weighted by molar-refractivity contribution is 7.91. The summed E-state index contributed by atoms with van der Waals surface area (Å²) in [7, 11) is -3.33. The van der Waals surface area contributed by atoms with E-state index in [2.05, 4.69) is 10.1 Å². The molecule has 0 aliphatic rings. The lowest BCUT2D eigenvalue weighted by molar-refractivity contribution is 0.247. The van der Waals surface area contributed by atoms with Gasteiger partial charge in [0.15, 0.2) is 15.7 Å². The van der Waals surface area contributed by atoms with Gasteiger partial charge in [-0.15, -0.1) is 0 Å². The highest BCUT2D eigenvalue weighted by atomic mass is 32.2. The van der Waals surface area contributed by atoms with E-state index < -0.39 is 9.84 Å². The van der Waals surface area contributed by atoms with Crippen LogP contribution in [0.25, 0.3) is 0 Å². The predicted octanol–water partition coefficient (Wildman–Crippen LogP) is 1.29. The summed E-state index contributed by atoms with van der Waals surface area (Å²) in [5.74, 6) is 0.0259. The van der Waals surface area contributed by atoms with Gasteiger partial charge in [-0.3, -0.25) is 0 Å². The molecule has 0 radical (unpaired) electrons. The van der Waals surface area contributed by atoms with Gasteiger partial charge in [0.05, 0.1) is 10.6 Å². The second-order valence-electron chi connectivity index (χ2n) is 5.05. The van der Waals surface area contributed by atoms with Crippen LogP contribution in [0.5, 0.6) is 0 Å². The minimum absolute atomic E-state index is 0.0455. The molecule has 1 aromatic carbocycles. The van der Waals surface area contributed by atoms with E-state index in [1.165, 1.54) is 24.3 Å². The molecule has 0 spiro atoms. The Morgan fingerprint density at radius 2 is 1.90 bits per heavy atom. The molecule has 0 bridgehead atoms. The quantitative estimate of drug-likeness (QED) is 0.342. The molecule has 3 N–H and O–H groups in total. The summed E-state index contributed by atoms with van der Waals surface area (Å²) < 4.78 is 24.6. The van der Waals surface area contributed by atoms with Crippen LogP contribution in [0.3, 0.4) is 0 Å². The maximum Gasteiger partial charge on any atom is 0.179 e. The molecular weight excluding hydrogens is 290 g/mol. The van der Waals surface area contributed by atoms with Gasteiger partial charge in [-0.2, -0.15) is 0 Å². The van der Waals surface area contributed by atoms with Crippen LogP contribution in [-0.2, 0) is 9.84 Å². The van der Waals surface area contributed by atoms with Gasteiger partial charge in [-0.05, 0) is 44.7 Å². The number of hydrogen-bond donors (Lipinski definition) is 2. The second-order valence-corrected chi connectivity index (χ2v) is 7.16. The number of nitrogens with zero attached hydrogens (tertiary/aromatic N) is 2. The Kier molecular flexibility index (Phi) is 6.17. The molecule has 6 nitrogen and oxygen atoms in total. The van der Waals surface area contributed by atoms with E-state index in [-0.39, 0.29) is 16.5 Å². The van der Waals surface area contributed by atoms with Crippen LogP contribution in [0.2, 0.25) is 0 Å². The second kappa shape index (κ2) is 7.42. The third-order valence-corrected chi connectivity index (χ3v) is 5.11. The van der Waals surface area contributed by atoms with Crippen LogP contribution in [0.15, 0.2) is 34.3 Å². The largest absolute Gasteiger partial charge is 0.409 e. The molecule has 0 heterocycles. The Morgan fingerprint density at radius 1 is 1.33 bits per heavy atom. The highest BCUT2D eigenvalue weighted by Gasteiger charge is 2.17. The summed E-state index contributed by atoms with van der Waals surface area (Å²) in [5, 5.41) is 11.5. The Bertz CT molecular complexity index is 580. The first kappa shape index (κ1) is 17.5. The van der Waals surface area contributed by atoms with E-state index >= 15 is 0 Å². The fourth-order valence-electron chi connectivity index (χ4n) is 2.03. The van der Waals surface area contributed by atoms with Gasteiger partial charge >= 0.3 is 0 Å². The zero-order valence-electron chi connectivity index (χ0n) is 12.7. The molecule has 0 amide bonds. The Morgan fingerprint density at radius 3 is 2.33 bits per heavy atom. The van der Waals surface area contributed by atoms with Gasteiger partial charge in [0.2, 0.25) is 0 Å². The zero-order valence-corrected chi connectivity index (χ0v) is 13.5. The summed E-state index contributed by atoms with van der Waals surface area (Å²) in [6, 6.07) is 6.33. The number of sulfone groups is 1. The van der Waals surface area contributed by atoms with Crippen LogP contribution >= 0.6 is 0 Å². The fraction of sp³-hybridized carbons (Fsp3) is 0.500. The molecule has 0 aromatic heterocycles. The molecule has 21 heavy (non-hydrogen) atoms. The van der Waals surface area contributed by atoms with E-state index in [1.807, 2.05) is 20.8 Å². The monoisotopic (exact) mass is 313 g/mol. The van der Waals surface area contributed by atoms with Crippen molar-refractivity contribution in [1.29, 1.82) is 0 Å². The SMILES string of the molecule is CCN(CCS(=O)(=O)c1ccc(/C(N)=N/O)cc1)C(C)C. The van der Waals surface area contributed by atoms with Crippen molar-refractivity contribution in [2.24, 2.45) is 10.9 Å². The van der Waals surface area contributed by atoms with Crippen LogP contribution in [-0.4, -0.2) is 49.2 Å². The normalized spacial score (nSPS) is 13.1. The van der Waals surface area contributed by atoms with Gasteiger partial charge in [0.1, 0.15) is 0 Å². The van der Waals surface area contributed by atoms with Crippen molar-refractivity contribution in [2.75, 3.05) is 18.8 Å². The van der Waals surface area contributed by atoms with E-state index in [4.69, 9.17) is 10.9 Å². The number of hydrogen-bond acceptors (Lipinski definition) is 5. The van der Waals surface area contributed by atoms with Crippen LogP contribution in [0, 0.1) is 0 Å². The summed E-state index contributed by atoms with van der Waals surface area (Å²) in [4.78, 5) is 2.35. The summed E-state index contributed by atoms with van der Waals surface area (Å²) in [5.41, 5.74) is 5.93. The first-order valence-electron chi connectivity index (χ1n) is 6.86. The Balaban J connectivity index is 2.84. The molecule has 7 heteroatoms. The third-order valence-electron chi connectivity index (χ3n) is 3.40. The lowest BCUT2D eigenvalue weighted by Crippen LogP contribution is -2.34. The molecule has 0 atom stereocenters. The Hall–Kier alpha value is -1.60. The summed E-state index contributed by atoms with van der Waals surface area (Å²) >= 11 is 0. The highest BCUT2D eigenvalue weighted by Crippen LogP contribution is 2.13. The molecule has 0 aliphatic heterocycles. The summed E-state index contributed by atoms with van der Waals surface area (Å²) in [6.07, 6.45) is 0. The third kappa shape index (κ3) is 4.71. The van der Waals surface area contributed by atoms with Crippen molar-refractivity contribution in [2.45, 2.75) is 31.7 Å². The average Bonchev–Trinajstić information content (AvgIpc) is 2.46. The molecule has 1 rings (SSSR count). The van der Waals surface area contributed by atoms with Crippen molar-refractivity contribution in [1.82, 2.24) is 4.90 Å². The number of nitrogens with two attached hydrogens (primary N) is 1. The molecule has 0 saturated heterocycles. The van der Waals surface area contributed by atoms with Crippen molar-refractivity contribution in [3.05, 3.63) is 29.8 Å². The number of benzene rings is 1. The van der Waals surface area contributed by atoms with E-state index in [0.29, 0.717) is 18.2 Å². The van der Waals surface area contributed by atoms with E-state index in [1.54, 1.807) is 0 Å². The van der Waals surface area contributed by atoms with E-state index in [9.17, 15) is 8.42 Å².